The molecule has 3 nitrogen and oxygen atoms in total. The van der Waals surface area contributed by atoms with Crippen molar-refractivity contribution in [3.63, 3.8) is 0 Å². The number of benzene rings is 1. The Labute approximate surface area is 184 Å². The van der Waals surface area contributed by atoms with Crippen molar-refractivity contribution in [3.05, 3.63) is 42.2 Å². The second kappa shape index (κ2) is 11.7. The van der Waals surface area contributed by atoms with E-state index in [9.17, 15) is 0 Å². The summed E-state index contributed by atoms with van der Waals surface area (Å²) in [6, 6.07) is 8.07. The Morgan fingerprint density at radius 1 is 1.07 bits per heavy atom. The van der Waals surface area contributed by atoms with Crippen molar-refractivity contribution in [2.45, 2.75) is 82.4 Å². The summed E-state index contributed by atoms with van der Waals surface area (Å²) in [7, 11) is 0. The van der Waals surface area contributed by atoms with E-state index in [4.69, 9.17) is 14.7 Å². The molecule has 0 spiro atoms. The van der Waals surface area contributed by atoms with Gasteiger partial charge in [-0.15, -0.1) is 0 Å². The van der Waals surface area contributed by atoms with Gasteiger partial charge in [-0.05, 0) is 61.6 Å². The first-order chi connectivity index (χ1) is 14.2. The minimum absolute atomic E-state index is 0.451. The molecule has 1 saturated carbocycles. The summed E-state index contributed by atoms with van der Waals surface area (Å²) in [5, 5.41) is 0. The van der Waals surface area contributed by atoms with Crippen molar-refractivity contribution in [2.24, 2.45) is 5.92 Å². The average Bonchev–Trinajstić information content (AvgIpc) is 2.75. The van der Waals surface area contributed by atoms with Gasteiger partial charge in [0.05, 0.1) is 12.2 Å². The van der Waals surface area contributed by atoms with Crippen LogP contribution < -0.4 is 4.74 Å². The summed E-state index contributed by atoms with van der Waals surface area (Å²) in [6.07, 6.45) is 15.9. The van der Waals surface area contributed by atoms with Gasteiger partial charge in [-0.2, -0.15) is 0 Å². The van der Waals surface area contributed by atoms with Gasteiger partial charge >= 0.3 is 0 Å². The Morgan fingerprint density at radius 3 is 2.48 bits per heavy atom. The maximum atomic E-state index is 5.99. The Bertz CT molecular complexity index is 724. The molecule has 1 heterocycles. The Balaban J connectivity index is 1.58. The Kier molecular flexibility index (Phi) is 8.97. The topological polar surface area (TPSA) is 35.0 Å². The molecule has 1 fully saturated rings. The highest BCUT2D eigenvalue weighted by Gasteiger charge is 2.22. The molecule has 0 aliphatic heterocycles. The number of unbranched alkanes of at least 4 members (excludes halogenated alkanes) is 2. The summed E-state index contributed by atoms with van der Waals surface area (Å²) in [6.45, 7) is 5.10. The van der Waals surface area contributed by atoms with E-state index in [1.165, 1.54) is 56.9 Å². The highest BCUT2D eigenvalue weighted by atomic mass is 79.9. The van der Waals surface area contributed by atoms with E-state index in [1.807, 2.05) is 36.7 Å². The maximum absolute atomic E-state index is 5.99. The monoisotopic (exact) mass is 458 g/mol. The molecule has 0 saturated heterocycles. The van der Waals surface area contributed by atoms with Gasteiger partial charge < -0.3 is 4.74 Å². The summed E-state index contributed by atoms with van der Waals surface area (Å²) < 4.78 is 5.99. The molecule has 1 aliphatic rings. The van der Waals surface area contributed by atoms with Gasteiger partial charge in [0.25, 0.3) is 0 Å². The first-order valence-electron chi connectivity index (χ1n) is 11.4. The number of hydrogen-bond donors (Lipinski definition) is 0. The Hall–Kier alpha value is -1.42. The van der Waals surface area contributed by atoms with Crippen LogP contribution in [-0.2, 0) is 0 Å². The lowest BCUT2D eigenvalue weighted by atomic mass is 9.77. The highest BCUT2D eigenvalue weighted by Crippen LogP contribution is 2.38. The van der Waals surface area contributed by atoms with E-state index >= 15 is 0 Å². The third-order valence-electron chi connectivity index (χ3n) is 6.11. The predicted octanol–water partition coefficient (Wildman–Crippen LogP) is 7.55. The standard InChI is InChI=1S/C25H35BrN2O/c1-3-4-5-8-20-11-13-21(14-12-20)22-17-27-25(28-18-22)23-9-6-7-10-24(23)29-16-15-19(2)26/h6-7,9-10,17-21H,3-5,8,11-16H2,1-2H3. The van der Waals surface area contributed by atoms with Gasteiger partial charge in [0.1, 0.15) is 5.75 Å². The van der Waals surface area contributed by atoms with Crippen molar-refractivity contribution >= 4 is 15.9 Å². The lowest BCUT2D eigenvalue weighted by molar-refractivity contribution is 0.302. The Morgan fingerprint density at radius 2 is 1.79 bits per heavy atom. The van der Waals surface area contributed by atoms with E-state index in [2.05, 4.69) is 29.8 Å². The summed E-state index contributed by atoms with van der Waals surface area (Å²) in [5.74, 6) is 3.17. The highest BCUT2D eigenvalue weighted by molar-refractivity contribution is 9.09. The van der Waals surface area contributed by atoms with Gasteiger partial charge in [0.2, 0.25) is 0 Å². The van der Waals surface area contributed by atoms with Crippen molar-refractivity contribution in [3.8, 4) is 17.1 Å². The van der Waals surface area contributed by atoms with Gasteiger partial charge in [-0.3, -0.25) is 0 Å². The van der Waals surface area contributed by atoms with Crippen LogP contribution in [0.4, 0.5) is 0 Å². The molecule has 0 radical (unpaired) electrons. The lowest BCUT2D eigenvalue weighted by Crippen LogP contribution is -2.14. The third kappa shape index (κ3) is 6.80. The second-order valence-corrected chi connectivity index (χ2v) is 10.0. The van der Waals surface area contributed by atoms with E-state index in [1.54, 1.807) is 0 Å². The normalized spacial score (nSPS) is 20.4. The molecule has 158 valence electrons. The predicted molar refractivity (Wildman–Crippen MR) is 125 cm³/mol. The van der Waals surface area contributed by atoms with Crippen LogP contribution in [0.15, 0.2) is 36.7 Å². The van der Waals surface area contributed by atoms with E-state index in [0.29, 0.717) is 17.4 Å². The quantitative estimate of drug-likeness (QED) is 0.272. The first-order valence-corrected chi connectivity index (χ1v) is 12.3. The van der Waals surface area contributed by atoms with Crippen molar-refractivity contribution in [2.75, 3.05) is 6.61 Å². The summed E-state index contributed by atoms with van der Waals surface area (Å²) in [5.41, 5.74) is 2.27. The van der Waals surface area contributed by atoms with E-state index in [0.717, 1.165) is 29.5 Å². The molecule has 1 aliphatic carbocycles. The van der Waals surface area contributed by atoms with Crippen LogP contribution in [0.2, 0.25) is 0 Å². The SMILES string of the molecule is CCCCCC1CCC(c2cnc(-c3ccccc3OCCC(C)Br)nc2)CC1. The fourth-order valence-corrected chi connectivity index (χ4v) is 4.45. The number of alkyl halides is 1. The number of halogens is 1. The van der Waals surface area contributed by atoms with Gasteiger partial charge in [-0.1, -0.05) is 67.6 Å². The molecule has 3 rings (SSSR count). The molecule has 0 bridgehead atoms. The molecule has 2 aromatic rings. The third-order valence-corrected chi connectivity index (χ3v) is 6.56. The maximum Gasteiger partial charge on any atom is 0.162 e. The molecule has 1 aromatic heterocycles. The van der Waals surface area contributed by atoms with E-state index in [-0.39, 0.29) is 0 Å². The zero-order chi connectivity index (χ0) is 20.5. The zero-order valence-electron chi connectivity index (χ0n) is 17.9. The fraction of sp³-hybridized carbons (Fsp3) is 0.600. The summed E-state index contributed by atoms with van der Waals surface area (Å²) >= 11 is 3.57. The minimum Gasteiger partial charge on any atom is -0.493 e. The minimum atomic E-state index is 0.451. The molecule has 1 aromatic carbocycles. The second-order valence-electron chi connectivity index (χ2n) is 8.47. The molecule has 4 heteroatoms. The molecular formula is C25H35BrN2O. The molecular weight excluding hydrogens is 424 g/mol. The largest absolute Gasteiger partial charge is 0.493 e. The van der Waals surface area contributed by atoms with Crippen LogP contribution in [0.3, 0.4) is 0 Å². The van der Waals surface area contributed by atoms with Gasteiger partial charge in [0.15, 0.2) is 5.82 Å². The number of rotatable bonds is 10. The molecule has 29 heavy (non-hydrogen) atoms. The van der Waals surface area contributed by atoms with Crippen LogP contribution in [0.25, 0.3) is 11.4 Å². The van der Waals surface area contributed by atoms with Crippen LogP contribution in [0, 0.1) is 5.92 Å². The molecule has 0 N–H and O–H groups in total. The smallest absolute Gasteiger partial charge is 0.162 e. The number of hydrogen-bond acceptors (Lipinski definition) is 3. The van der Waals surface area contributed by atoms with Crippen LogP contribution >= 0.6 is 15.9 Å². The molecule has 1 unspecified atom stereocenters. The molecule has 1 atom stereocenters. The zero-order valence-corrected chi connectivity index (χ0v) is 19.5. The van der Waals surface area contributed by atoms with Crippen LogP contribution in [-0.4, -0.2) is 21.4 Å². The van der Waals surface area contributed by atoms with Crippen molar-refractivity contribution < 1.29 is 4.74 Å². The first kappa shape index (κ1) is 22.3. The fourth-order valence-electron chi connectivity index (χ4n) is 4.26. The number of aromatic nitrogens is 2. The number of ether oxygens (including phenoxy) is 1. The van der Waals surface area contributed by atoms with Crippen molar-refractivity contribution in [1.82, 2.24) is 9.97 Å². The number of nitrogens with zero attached hydrogens (tertiary/aromatic N) is 2. The number of para-hydroxylation sites is 1. The summed E-state index contributed by atoms with van der Waals surface area (Å²) in [4.78, 5) is 9.87. The van der Waals surface area contributed by atoms with E-state index < -0.39 is 0 Å². The van der Waals surface area contributed by atoms with Gasteiger partial charge in [-0.25, -0.2) is 9.97 Å². The van der Waals surface area contributed by atoms with Crippen molar-refractivity contribution in [1.29, 1.82) is 0 Å². The van der Waals surface area contributed by atoms with Gasteiger partial charge in [0, 0.05) is 17.2 Å². The van der Waals surface area contributed by atoms with Crippen LogP contribution in [0.1, 0.15) is 83.1 Å². The van der Waals surface area contributed by atoms with Crippen LogP contribution in [0.5, 0.6) is 5.75 Å². The average molecular weight is 459 g/mol. The molecule has 0 amide bonds. The lowest BCUT2D eigenvalue weighted by Gasteiger charge is -2.28.